The molecule has 1 saturated heterocycles. The number of alkyl halides is 1. The van der Waals surface area contributed by atoms with Crippen LogP contribution in [0.5, 0.6) is 0 Å². The van der Waals surface area contributed by atoms with Gasteiger partial charge in [0, 0.05) is 0 Å². The van der Waals surface area contributed by atoms with Crippen LogP contribution in [-0.4, -0.2) is 80.3 Å². The van der Waals surface area contributed by atoms with Gasteiger partial charge in [0.1, 0.15) is 30.4 Å². The van der Waals surface area contributed by atoms with Crippen molar-refractivity contribution < 1.29 is 18.7 Å². The van der Waals surface area contributed by atoms with Crippen molar-refractivity contribution in [3.63, 3.8) is 0 Å². The lowest BCUT2D eigenvalue weighted by Gasteiger charge is -2.39. The zero-order valence-corrected chi connectivity index (χ0v) is 16.8. The molecule has 3 aliphatic rings. The maximum Gasteiger partial charge on any atom is 0.192 e. The number of nitrogens with zero attached hydrogens (tertiary/aromatic N) is 4. The Bertz CT molecular complexity index is 636. The smallest absolute Gasteiger partial charge is 0.192 e. The zero-order chi connectivity index (χ0) is 19.3. The maximum atomic E-state index is 15.4. The van der Waals surface area contributed by atoms with E-state index in [1.807, 2.05) is 0 Å². The molecule has 3 aliphatic heterocycles. The van der Waals surface area contributed by atoms with Crippen molar-refractivity contribution in [2.75, 3.05) is 6.61 Å². The fourth-order valence-electron chi connectivity index (χ4n) is 3.04. The van der Waals surface area contributed by atoms with Crippen LogP contribution in [0.3, 0.4) is 0 Å². The van der Waals surface area contributed by atoms with E-state index >= 15 is 4.39 Å². The summed E-state index contributed by atoms with van der Waals surface area (Å²) in [6.07, 6.45) is -1.59. The zero-order valence-electron chi connectivity index (χ0n) is 15.8. The Morgan fingerprint density at radius 2 is 2.08 bits per heavy atom. The molecule has 0 amide bonds. The van der Waals surface area contributed by atoms with Gasteiger partial charge in [-0.15, -0.1) is 0 Å². The van der Waals surface area contributed by atoms with Crippen molar-refractivity contribution in [3.8, 4) is 0 Å². The van der Waals surface area contributed by atoms with Gasteiger partial charge in [-0.25, -0.2) is 14.4 Å². The lowest BCUT2D eigenvalue weighted by molar-refractivity contribution is -0.0685. The van der Waals surface area contributed by atoms with Gasteiger partial charge in [-0.05, 0) is 18.1 Å². The highest BCUT2D eigenvalue weighted by atomic mass is 28.4. The molecule has 0 spiro atoms. The van der Waals surface area contributed by atoms with Crippen LogP contribution in [0.4, 0.5) is 4.39 Å². The quantitative estimate of drug-likeness (QED) is 0.699. The topological polar surface area (TPSA) is 105 Å². The van der Waals surface area contributed by atoms with Crippen molar-refractivity contribution in [1.82, 2.24) is 4.90 Å². The summed E-state index contributed by atoms with van der Waals surface area (Å²) in [5.41, 5.74) is 5.85. The highest BCUT2D eigenvalue weighted by Crippen LogP contribution is 2.41. The minimum Gasteiger partial charge on any atom is -0.408 e. The Balaban J connectivity index is 1.79. The molecule has 3 heterocycles. The molecule has 10 heteroatoms. The molecule has 8 nitrogen and oxygen atoms in total. The summed E-state index contributed by atoms with van der Waals surface area (Å²) in [7, 11) is -2.24. The molecule has 0 bridgehead atoms. The molecule has 0 aliphatic carbocycles. The highest BCUT2D eigenvalue weighted by molar-refractivity contribution is 6.74. The van der Waals surface area contributed by atoms with Gasteiger partial charge in [0.15, 0.2) is 26.9 Å². The van der Waals surface area contributed by atoms with E-state index in [0.717, 1.165) is 0 Å². The first-order valence-corrected chi connectivity index (χ1v) is 11.7. The number of hydrogen-bond donors (Lipinski definition) is 2. The van der Waals surface area contributed by atoms with Crippen LogP contribution in [0.2, 0.25) is 18.1 Å². The van der Waals surface area contributed by atoms with Crippen molar-refractivity contribution in [2.24, 2.45) is 20.7 Å². The van der Waals surface area contributed by atoms with Gasteiger partial charge in [0.2, 0.25) is 0 Å². The Morgan fingerprint density at radius 3 is 2.69 bits per heavy atom. The number of amidine groups is 1. The number of nitrogens with two attached hydrogens (primary N) is 1. The second kappa shape index (κ2) is 6.66. The first kappa shape index (κ1) is 19.4. The number of hydrogen-bond acceptors (Lipinski definition) is 8. The number of aliphatic hydroxyl groups is 1. The SMILES string of the molecule is CC(C)(C)[Si](C)(C)OC1[C@@H](F)[C@H](N2C=NC3C(N)=NC=NC32)O[C@@H]1CO. The first-order valence-electron chi connectivity index (χ1n) is 8.80. The molecule has 0 radical (unpaired) electrons. The van der Waals surface area contributed by atoms with E-state index in [2.05, 4.69) is 48.8 Å². The average molecular weight is 386 g/mol. The summed E-state index contributed by atoms with van der Waals surface area (Å²) >= 11 is 0. The molecule has 1 fully saturated rings. The van der Waals surface area contributed by atoms with Crippen molar-refractivity contribution in [2.45, 2.75) is 75.7 Å². The molecular weight excluding hydrogens is 357 g/mol. The van der Waals surface area contributed by atoms with Crippen LogP contribution in [0.15, 0.2) is 15.0 Å². The Labute approximate surface area is 154 Å². The van der Waals surface area contributed by atoms with E-state index in [1.54, 1.807) is 4.90 Å². The molecule has 3 N–H and O–H groups in total. The van der Waals surface area contributed by atoms with Crippen molar-refractivity contribution in [1.29, 1.82) is 0 Å². The van der Waals surface area contributed by atoms with E-state index in [-0.39, 0.29) is 11.6 Å². The predicted molar refractivity (Wildman–Crippen MR) is 101 cm³/mol. The predicted octanol–water partition coefficient (Wildman–Crippen LogP) is 0.870. The van der Waals surface area contributed by atoms with Gasteiger partial charge in [-0.3, -0.25) is 4.99 Å². The molecule has 0 aromatic rings. The largest absolute Gasteiger partial charge is 0.408 e. The molecule has 0 aromatic carbocycles. The number of aliphatic imine (C=N–C) groups is 3. The second-order valence-corrected chi connectivity index (χ2v) is 13.2. The molecule has 146 valence electrons. The van der Waals surface area contributed by atoms with Crippen LogP contribution < -0.4 is 5.73 Å². The van der Waals surface area contributed by atoms with Crippen LogP contribution in [0, 0.1) is 0 Å². The second-order valence-electron chi connectivity index (χ2n) is 8.42. The van der Waals surface area contributed by atoms with Crippen molar-refractivity contribution >= 4 is 26.8 Å². The third-order valence-electron chi connectivity index (χ3n) is 5.66. The molecule has 0 saturated carbocycles. The highest BCUT2D eigenvalue weighted by Gasteiger charge is 2.54. The maximum absolute atomic E-state index is 15.4. The molecule has 3 unspecified atom stereocenters. The minimum atomic E-state index is -2.24. The molecular formula is C16H28FN5O3Si. The number of fused-ring (bicyclic) bond motifs is 1. The van der Waals surface area contributed by atoms with Crippen LogP contribution >= 0.6 is 0 Å². The van der Waals surface area contributed by atoms with Crippen LogP contribution in [-0.2, 0) is 9.16 Å². The van der Waals surface area contributed by atoms with E-state index in [4.69, 9.17) is 14.9 Å². The minimum absolute atomic E-state index is 0.0798. The van der Waals surface area contributed by atoms with Crippen LogP contribution in [0.1, 0.15) is 20.8 Å². The summed E-state index contributed by atoms with van der Waals surface area (Å²) in [6.45, 7) is 10.1. The Morgan fingerprint density at radius 1 is 1.38 bits per heavy atom. The summed E-state index contributed by atoms with van der Waals surface area (Å²) in [5, 5.41) is 9.63. The lowest BCUT2D eigenvalue weighted by Crippen LogP contribution is -2.52. The number of aliphatic hydroxyl groups excluding tert-OH is 1. The first-order chi connectivity index (χ1) is 12.1. The van der Waals surface area contributed by atoms with E-state index in [9.17, 15) is 5.11 Å². The monoisotopic (exact) mass is 385 g/mol. The fraction of sp³-hybridized carbons (Fsp3) is 0.812. The van der Waals surface area contributed by atoms with Gasteiger partial charge in [0.05, 0.1) is 12.9 Å². The van der Waals surface area contributed by atoms with Gasteiger partial charge in [-0.2, -0.15) is 0 Å². The molecule has 0 aromatic heterocycles. The van der Waals surface area contributed by atoms with E-state index < -0.39 is 45.1 Å². The normalized spacial score (nSPS) is 37.2. The Hall–Kier alpha value is -1.36. The van der Waals surface area contributed by atoms with Gasteiger partial charge < -0.3 is 24.9 Å². The summed E-state index contributed by atoms with van der Waals surface area (Å²) < 4.78 is 27.4. The van der Waals surface area contributed by atoms with Gasteiger partial charge >= 0.3 is 0 Å². The number of halogens is 1. The van der Waals surface area contributed by atoms with E-state index in [0.29, 0.717) is 5.84 Å². The van der Waals surface area contributed by atoms with Crippen LogP contribution in [0.25, 0.3) is 0 Å². The molecule has 3 rings (SSSR count). The summed E-state index contributed by atoms with van der Waals surface area (Å²) in [4.78, 5) is 14.1. The van der Waals surface area contributed by atoms with Gasteiger partial charge in [0.25, 0.3) is 0 Å². The summed E-state index contributed by atoms with van der Waals surface area (Å²) in [5.74, 6) is 0.338. The number of ether oxygens (including phenoxy) is 1. The van der Waals surface area contributed by atoms with Crippen molar-refractivity contribution in [3.05, 3.63) is 0 Å². The third-order valence-corrected chi connectivity index (χ3v) is 10.1. The molecule has 6 atom stereocenters. The van der Waals surface area contributed by atoms with E-state index in [1.165, 1.54) is 12.7 Å². The molecule has 26 heavy (non-hydrogen) atoms. The number of rotatable bonds is 4. The lowest BCUT2D eigenvalue weighted by atomic mass is 10.1. The third kappa shape index (κ3) is 3.19. The Kier molecular flexibility index (Phi) is 4.97. The fourth-order valence-corrected chi connectivity index (χ4v) is 4.36. The summed E-state index contributed by atoms with van der Waals surface area (Å²) in [6, 6.07) is -0.441. The standard InChI is InChI=1S/C16H28FN5O3Si/c1-16(2,3)26(4,5)25-12-9(6-23)24-15(10(12)17)22-8-21-11-13(18)19-7-20-14(11)22/h7-12,14-15,23H,6H2,1-5H3,(H2,18,19,20)/t9-,10-,11?,12?,14?,15-/m1/s1. The van der Waals surface area contributed by atoms with Gasteiger partial charge in [-0.1, -0.05) is 20.8 Å². The average Bonchev–Trinajstić information content (AvgIpc) is 3.09.